The van der Waals surface area contributed by atoms with Crippen LogP contribution < -0.4 is 4.72 Å². The molecule has 0 fully saturated rings. The maximum Gasteiger partial charge on any atom is 0.451 e. The van der Waals surface area contributed by atoms with Crippen LogP contribution in [0.2, 0.25) is 0 Å². The number of hydrogen-bond acceptors (Lipinski definition) is 6. The predicted octanol–water partition coefficient (Wildman–Crippen LogP) is 1.53. The van der Waals surface area contributed by atoms with Gasteiger partial charge in [-0.05, 0) is 12.1 Å². The number of H-pyrrole nitrogens is 1. The number of sulfonamides is 1. The first-order valence-electron chi connectivity index (χ1n) is 5.36. The first-order chi connectivity index (χ1) is 10.1. The first kappa shape index (κ1) is 15.7. The number of aromatic nitrogens is 3. The zero-order valence-electron chi connectivity index (χ0n) is 10.3. The van der Waals surface area contributed by atoms with E-state index in [0.29, 0.717) is 0 Å². The van der Waals surface area contributed by atoms with Crippen LogP contribution in [0.1, 0.15) is 5.82 Å². The standard InChI is InChI=1S/C9H6F3N5O4S/c10-9(11,12)7-13-8(15-14-7)16-22(20,21)6-3-1-5(2-4-6)17(18)19/h1-4H,(H2,13,14,15,16). The van der Waals surface area contributed by atoms with Crippen LogP contribution in [0.15, 0.2) is 29.2 Å². The van der Waals surface area contributed by atoms with E-state index in [9.17, 15) is 31.7 Å². The van der Waals surface area contributed by atoms with Crippen molar-refractivity contribution >= 4 is 21.7 Å². The van der Waals surface area contributed by atoms with Crippen LogP contribution in [-0.4, -0.2) is 28.5 Å². The molecule has 0 amide bonds. The van der Waals surface area contributed by atoms with Crippen molar-refractivity contribution in [2.24, 2.45) is 0 Å². The molecule has 0 aliphatic carbocycles. The Hall–Kier alpha value is -2.70. The number of anilines is 1. The molecule has 0 radical (unpaired) electrons. The molecule has 118 valence electrons. The molecule has 22 heavy (non-hydrogen) atoms. The van der Waals surface area contributed by atoms with Crippen molar-refractivity contribution in [2.45, 2.75) is 11.1 Å². The van der Waals surface area contributed by atoms with Crippen LogP contribution in [0.5, 0.6) is 0 Å². The number of nitrogens with one attached hydrogen (secondary N) is 2. The lowest BCUT2D eigenvalue weighted by molar-refractivity contribution is -0.384. The molecule has 0 bridgehead atoms. The summed E-state index contributed by atoms with van der Waals surface area (Å²) < 4.78 is 62.4. The number of aromatic amines is 1. The molecule has 0 aliphatic rings. The highest BCUT2D eigenvalue weighted by Crippen LogP contribution is 2.26. The third-order valence-electron chi connectivity index (χ3n) is 2.34. The van der Waals surface area contributed by atoms with Gasteiger partial charge in [-0.1, -0.05) is 0 Å². The number of hydrogen-bond donors (Lipinski definition) is 2. The first-order valence-corrected chi connectivity index (χ1v) is 6.85. The minimum atomic E-state index is -4.80. The second-order valence-corrected chi connectivity index (χ2v) is 5.54. The maximum absolute atomic E-state index is 12.3. The van der Waals surface area contributed by atoms with Crippen LogP contribution >= 0.6 is 0 Å². The summed E-state index contributed by atoms with van der Waals surface area (Å²) in [6.07, 6.45) is -4.80. The third-order valence-corrected chi connectivity index (χ3v) is 3.68. The number of benzene rings is 1. The smallest absolute Gasteiger partial charge is 0.258 e. The molecule has 1 heterocycles. The highest BCUT2D eigenvalue weighted by Gasteiger charge is 2.35. The van der Waals surface area contributed by atoms with Gasteiger partial charge in [-0.3, -0.25) is 15.2 Å². The fourth-order valence-corrected chi connectivity index (χ4v) is 2.30. The van der Waals surface area contributed by atoms with Gasteiger partial charge in [0.1, 0.15) is 0 Å². The van der Waals surface area contributed by atoms with Crippen molar-refractivity contribution < 1.29 is 26.5 Å². The van der Waals surface area contributed by atoms with Crippen LogP contribution in [0, 0.1) is 10.1 Å². The Morgan fingerprint density at radius 1 is 1.23 bits per heavy atom. The lowest BCUT2D eigenvalue weighted by Gasteiger charge is -2.04. The molecule has 0 spiro atoms. The molecule has 2 rings (SSSR count). The van der Waals surface area contributed by atoms with Crippen molar-refractivity contribution in [2.75, 3.05) is 4.72 Å². The van der Waals surface area contributed by atoms with Crippen LogP contribution in [0.4, 0.5) is 24.8 Å². The summed E-state index contributed by atoms with van der Waals surface area (Å²) in [6.45, 7) is 0. The number of nitrogens with zero attached hydrogens (tertiary/aromatic N) is 3. The Kier molecular flexibility index (Phi) is 3.74. The Morgan fingerprint density at radius 2 is 1.82 bits per heavy atom. The zero-order valence-corrected chi connectivity index (χ0v) is 11.1. The largest absolute Gasteiger partial charge is 0.451 e. The summed E-state index contributed by atoms with van der Waals surface area (Å²) >= 11 is 0. The van der Waals surface area contributed by atoms with Gasteiger partial charge in [0, 0.05) is 12.1 Å². The van der Waals surface area contributed by atoms with E-state index in [1.54, 1.807) is 9.82 Å². The molecule has 2 N–H and O–H groups in total. The fourth-order valence-electron chi connectivity index (χ4n) is 1.36. The van der Waals surface area contributed by atoms with Crippen molar-refractivity contribution in [1.82, 2.24) is 15.2 Å². The quantitative estimate of drug-likeness (QED) is 0.642. The molecular weight excluding hydrogens is 331 g/mol. The number of nitro benzene ring substituents is 1. The van der Waals surface area contributed by atoms with Crippen LogP contribution in [-0.2, 0) is 16.2 Å². The van der Waals surface area contributed by atoms with E-state index in [1.165, 1.54) is 0 Å². The van der Waals surface area contributed by atoms with E-state index in [-0.39, 0.29) is 5.69 Å². The number of rotatable bonds is 4. The van der Waals surface area contributed by atoms with Gasteiger partial charge in [-0.15, -0.1) is 5.10 Å². The molecule has 2 aromatic rings. The highest BCUT2D eigenvalue weighted by atomic mass is 32.2. The van der Waals surface area contributed by atoms with E-state index in [2.05, 4.69) is 10.1 Å². The van der Waals surface area contributed by atoms with Crippen molar-refractivity contribution in [3.8, 4) is 0 Å². The van der Waals surface area contributed by atoms with Gasteiger partial charge in [0.15, 0.2) is 0 Å². The van der Waals surface area contributed by atoms with Gasteiger partial charge >= 0.3 is 6.18 Å². The lowest BCUT2D eigenvalue weighted by atomic mass is 10.3. The number of non-ortho nitro benzene ring substituents is 1. The fraction of sp³-hybridized carbons (Fsp3) is 0.111. The second kappa shape index (κ2) is 5.25. The van der Waals surface area contributed by atoms with Crippen LogP contribution in [0.25, 0.3) is 0 Å². The zero-order chi connectivity index (χ0) is 16.5. The number of nitro groups is 1. The van der Waals surface area contributed by atoms with E-state index in [1.807, 2.05) is 0 Å². The van der Waals surface area contributed by atoms with Gasteiger partial charge in [-0.25, -0.2) is 13.1 Å². The van der Waals surface area contributed by atoms with Crippen molar-refractivity contribution in [1.29, 1.82) is 0 Å². The lowest BCUT2D eigenvalue weighted by Crippen LogP contribution is -2.14. The third kappa shape index (κ3) is 3.30. The Morgan fingerprint density at radius 3 is 2.27 bits per heavy atom. The topological polar surface area (TPSA) is 131 Å². The number of alkyl halides is 3. The molecular formula is C9H6F3N5O4S. The molecule has 1 aromatic heterocycles. The normalized spacial score (nSPS) is 12.1. The van der Waals surface area contributed by atoms with E-state index in [0.717, 1.165) is 24.3 Å². The molecule has 13 heteroatoms. The summed E-state index contributed by atoms with van der Waals surface area (Å²) in [5.41, 5.74) is -0.337. The summed E-state index contributed by atoms with van der Waals surface area (Å²) in [5, 5.41) is 15.1. The molecule has 1 aromatic carbocycles. The summed E-state index contributed by atoms with van der Waals surface area (Å²) in [7, 11) is -4.27. The predicted molar refractivity (Wildman–Crippen MR) is 65.3 cm³/mol. The van der Waals surface area contributed by atoms with Gasteiger partial charge < -0.3 is 0 Å². The van der Waals surface area contributed by atoms with E-state index < -0.39 is 37.8 Å². The molecule has 0 unspecified atom stereocenters. The highest BCUT2D eigenvalue weighted by molar-refractivity contribution is 7.92. The Bertz CT molecular complexity index is 799. The minimum Gasteiger partial charge on any atom is -0.258 e. The van der Waals surface area contributed by atoms with Gasteiger partial charge in [0.2, 0.25) is 5.82 Å². The average molecular weight is 337 g/mol. The second-order valence-electron chi connectivity index (χ2n) is 3.86. The SMILES string of the molecule is O=[N+]([O-])c1ccc(S(=O)(=O)Nc2n[nH]c(C(F)(F)F)n2)cc1. The Balaban J connectivity index is 2.24. The molecule has 0 saturated carbocycles. The van der Waals surface area contributed by atoms with Crippen molar-refractivity contribution in [3.63, 3.8) is 0 Å². The van der Waals surface area contributed by atoms with Crippen molar-refractivity contribution in [3.05, 3.63) is 40.2 Å². The van der Waals surface area contributed by atoms with E-state index >= 15 is 0 Å². The maximum atomic E-state index is 12.3. The molecule has 0 aliphatic heterocycles. The summed E-state index contributed by atoms with van der Waals surface area (Å²) in [5.74, 6) is -2.26. The molecule has 9 nitrogen and oxygen atoms in total. The molecule has 0 atom stereocenters. The molecule has 0 saturated heterocycles. The van der Waals surface area contributed by atoms with Gasteiger partial charge in [0.05, 0.1) is 9.82 Å². The summed E-state index contributed by atoms with van der Waals surface area (Å²) in [4.78, 5) is 12.3. The van der Waals surface area contributed by atoms with Gasteiger partial charge in [0.25, 0.3) is 21.7 Å². The average Bonchev–Trinajstić information content (AvgIpc) is 2.86. The van der Waals surface area contributed by atoms with Gasteiger partial charge in [-0.2, -0.15) is 18.2 Å². The number of halogens is 3. The van der Waals surface area contributed by atoms with Crippen LogP contribution in [0.3, 0.4) is 0 Å². The Labute approximate surface area is 120 Å². The van der Waals surface area contributed by atoms with E-state index in [4.69, 9.17) is 0 Å². The minimum absolute atomic E-state index is 0.337. The summed E-state index contributed by atoms with van der Waals surface area (Å²) in [6, 6.07) is 3.73. The monoisotopic (exact) mass is 337 g/mol.